The normalized spacial score (nSPS) is 14.9. The maximum atomic E-state index is 4.38. The van der Waals surface area contributed by atoms with Crippen LogP contribution in [0.1, 0.15) is 47.2 Å². The average molecular weight is 320 g/mol. The lowest BCUT2D eigenvalue weighted by Crippen LogP contribution is -2.05. The third-order valence-corrected chi connectivity index (χ3v) is 4.30. The van der Waals surface area contributed by atoms with Crippen LogP contribution in [0.2, 0.25) is 0 Å². The highest BCUT2D eigenvalue weighted by atomic mass is 79.9. The fourth-order valence-corrected chi connectivity index (χ4v) is 2.81. The van der Waals surface area contributed by atoms with Crippen molar-refractivity contribution in [3.63, 3.8) is 0 Å². The van der Waals surface area contributed by atoms with Crippen LogP contribution in [0.25, 0.3) is 0 Å². The van der Waals surface area contributed by atoms with E-state index < -0.39 is 0 Å². The molecule has 1 fully saturated rings. The van der Waals surface area contributed by atoms with Crippen LogP contribution in [-0.4, -0.2) is 14.8 Å². The van der Waals surface area contributed by atoms with Gasteiger partial charge in [-0.3, -0.25) is 0 Å². The summed E-state index contributed by atoms with van der Waals surface area (Å²) >= 11 is 3.50. The van der Waals surface area contributed by atoms with Gasteiger partial charge < -0.3 is 4.57 Å². The number of alkyl halides is 1. The Balaban J connectivity index is 1.90. The van der Waals surface area contributed by atoms with Gasteiger partial charge in [0.15, 0.2) is 0 Å². The number of hydrogen-bond acceptors (Lipinski definition) is 2. The summed E-state index contributed by atoms with van der Waals surface area (Å²) in [4.78, 5) is 0. The van der Waals surface area contributed by atoms with E-state index in [1.54, 1.807) is 0 Å². The molecular formula is C15H18BrN3. The molecule has 1 aromatic carbocycles. The van der Waals surface area contributed by atoms with Gasteiger partial charge in [-0.15, -0.1) is 10.2 Å². The highest BCUT2D eigenvalue weighted by Gasteiger charge is 2.28. The molecule has 0 saturated heterocycles. The lowest BCUT2D eigenvalue weighted by Gasteiger charge is -2.09. The fourth-order valence-electron chi connectivity index (χ4n) is 2.42. The van der Waals surface area contributed by atoms with Crippen molar-refractivity contribution in [2.24, 2.45) is 0 Å². The molecule has 100 valence electrons. The molecular weight excluding hydrogens is 302 g/mol. The van der Waals surface area contributed by atoms with Crippen LogP contribution < -0.4 is 0 Å². The number of nitrogens with zero attached hydrogens (tertiary/aromatic N) is 3. The van der Waals surface area contributed by atoms with Crippen molar-refractivity contribution in [1.82, 2.24) is 14.8 Å². The molecule has 0 aliphatic heterocycles. The Kier molecular flexibility index (Phi) is 3.44. The van der Waals surface area contributed by atoms with Crippen molar-refractivity contribution in [3.05, 3.63) is 46.5 Å². The van der Waals surface area contributed by atoms with E-state index in [4.69, 9.17) is 0 Å². The molecule has 3 nitrogen and oxygen atoms in total. The van der Waals surface area contributed by atoms with Gasteiger partial charge in [0.1, 0.15) is 11.6 Å². The summed E-state index contributed by atoms with van der Waals surface area (Å²) < 4.78 is 2.32. The van der Waals surface area contributed by atoms with E-state index in [-0.39, 0.29) is 0 Å². The van der Waals surface area contributed by atoms with E-state index in [1.807, 2.05) is 0 Å². The number of aryl methyl sites for hydroxylation is 2. The molecule has 19 heavy (non-hydrogen) atoms. The average Bonchev–Trinajstić information content (AvgIpc) is 3.16. The highest BCUT2D eigenvalue weighted by Crippen LogP contribution is 2.37. The van der Waals surface area contributed by atoms with E-state index in [2.05, 4.69) is 62.7 Å². The Morgan fingerprint density at radius 1 is 1.16 bits per heavy atom. The summed E-state index contributed by atoms with van der Waals surface area (Å²) in [6.45, 7) is 4.31. The molecule has 0 atom stereocenters. The summed E-state index contributed by atoms with van der Waals surface area (Å²) in [5, 5.41) is 9.46. The van der Waals surface area contributed by atoms with Crippen molar-refractivity contribution < 1.29 is 0 Å². The molecule has 1 saturated carbocycles. The van der Waals surface area contributed by atoms with Gasteiger partial charge in [0, 0.05) is 12.5 Å². The van der Waals surface area contributed by atoms with Crippen LogP contribution in [-0.2, 0) is 11.8 Å². The predicted molar refractivity (Wildman–Crippen MR) is 79.6 cm³/mol. The second-order valence-corrected chi connectivity index (χ2v) is 5.92. The second-order valence-electron chi connectivity index (χ2n) is 5.36. The minimum absolute atomic E-state index is 0.629. The number of aromatic nitrogens is 3. The first-order chi connectivity index (χ1) is 9.19. The molecule has 0 N–H and O–H groups in total. The van der Waals surface area contributed by atoms with Crippen molar-refractivity contribution in [3.8, 4) is 0 Å². The lowest BCUT2D eigenvalue weighted by molar-refractivity contribution is 0.671. The quantitative estimate of drug-likeness (QED) is 0.804. The summed E-state index contributed by atoms with van der Waals surface area (Å²) in [5.74, 6) is 2.15. The number of hydrogen-bond donors (Lipinski definition) is 0. The molecule has 4 heteroatoms. The van der Waals surface area contributed by atoms with Crippen molar-refractivity contribution in [2.45, 2.75) is 44.5 Å². The molecule has 1 aliphatic rings. The topological polar surface area (TPSA) is 30.7 Å². The third-order valence-electron chi connectivity index (χ3n) is 3.80. The zero-order valence-corrected chi connectivity index (χ0v) is 12.9. The number of halogens is 1. The molecule has 1 aromatic heterocycles. The molecule has 0 radical (unpaired) electrons. The van der Waals surface area contributed by atoms with Crippen LogP contribution in [0.3, 0.4) is 0 Å². The summed E-state index contributed by atoms with van der Waals surface area (Å²) in [6, 6.07) is 7.27. The molecule has 0 amide bonds. The number of rotatable bonds is 4. The SMILES string of the molecule is Cc1ccc(Cc2nnc(CBr)n2C2CC2)cc1C. The minimum Gasteiger partial charge on any atom is -0.311 e. The monoisotopic (exact) mass is 319 g/mol. The van der Waals surface area contributed by atoms with Gasteiger partial charge in [-0.2, -0.15) is 0 Å². The van der Waals surface area contributed by atoms with Gasteiger partial charge in [-0.25, -0.2) is 0 Å². The van der Waals surface area contributed by atoms with Crippen LogP contribution in [0.4, 0.5) is 0 Å². The first-order valence-electron chi connectivity index (χ1n) is 6.74. The van der Waals surface area contributed by atoms with Gasteiger partial charge in [0.05, 0.1) is 5.33 Å². The second kappa shape index (κ2) is 5.08. The van der Waals surface area contributed by atoms with E-state index in [9.17, 15) is 0 Å². The minimum atomic E-state index is 0.629. The third kappa shape index (κ3) is 2.59. The summed E-state index contributed by atoms with van der Waals surface area (Å²) in [7, 11) is 0. The Hall–Kier alpha value is -1.16. The highest BCUT2D eigenvalue weighted by molar-refractivity contribution is 9.08. The van der Waals surface area contributed by atoms with E-state index in [0.29, 0.717) is 6.04 Å². The predicted octanol–water partition coefficient (Wildman–Crippen LogP) is 3.72. The largest absolute Gasteiger partial charge is 0.311 e. The van der Waals surface area contributed by atoms with Crippen LogP contribution in [0.5, 0.6) is 0 Å². The van der Waals surface area contributed by atoms with Crippen molar-refractivity contribution >= 4 is 15.9 Å². The van der Waals surface area contributed by atoms with Gasteiger partial charge in [0.2, 0.25) is 0 Å². The van der Waals surface area contributed by atoms with Gasteiger partial charge >= 0.3 is 0 Å². The van der Waals surface area contributed by atoms with Crippen LogP contribution in [0, 0.1) is 13.8 Å². The molecule has 1 heterocycles. The van der Waals surface area contributed by atoms with Crippen LogP contribution >= 0.6 is 15.9 Å². The Labute approximate surface area is 122 Å². The Morgan fingerprint density at radius 2 is 1.89 bits per heavy atom. The van der Waals surface area contributed by atoms with Gasteiger partial charge in [0.25, 0.3) is 0 Å². The standard InChI is InChI=1S/C15H18BrN3/c1-10-3-4-12(7-11(10)2)8-14-17-18-15(9-16)19(14)13-5-6-13/h3-4,7,13H,5-6,8-9H2,1-2H3. The molecule has 0 spiro atoms. The summed E-state index contributed by atoms with van der Waals surface area (Å²) in [6.07, 6.45) is 3.40. The van der Waals surface area contributed by atoms with Crippen LogP contribution in [0.15, 0.2) is 18.2 Å². The molecule has 0 bridgehead atoms. The number of benzene rings is 1. The maximum Gasteiger partial charge on any atom is 0.143 e. The van der Waals surface area contributed by atoms with E-state index in [0.717, 1.165) is 23.4 Å². The summed E-state index contributed by atoms with van der Waals surface area (Å²) in [5.41, 5.74) is 4.00. The van der Waals surface area contributed by atoms with Crippen molar-refractivity contribution in [2.75, 3.05) is 0 Å². The van der Waals surface area contributed by atoms with E-state index in [1.165, 1.54) is 29.5 Å². The Morgan fingerprint density at radius 3 is 2.53 bits per heavy atom. The fraction of sp³-hybridized carbons (Fsp3) is 0.467. The maximum absolute atomic E-state index is 4.38. The zero-order valence-electron chi connectivity index (χ0n) is 11.4. The lowest BCUT2D eigenvalue weighted by atomic mass is 10.0. The van der Waals surface area contributed by atoms with Crippen molar-refractivity contribution in [1.29, 1.82) is 0 Å². The Bertz CT molecular complexity index is 599. The molecule has 2 aromatic rings. The van der Waals surface area contributed by atoms with Gasteiger partial charge in [-0.1, -0.05) is 34.1 Å². The molecule has 1 aliphatic carbocycles. The first-order valence-corrected chi connectivity index (χ1v) is 7.86. The molecule has 3 rings (SSSR count). The molecule has 0 unspecified atom stereocenters. The van der Waals surface area contributed by atoms with E-state index >= 15 is 0 Å². The van der Waals surface area contributed by atoms with Gasteiger partial charge in [-0.05, 0) is 43.4 Å². The zero-order chi connectivity index (χ0) is 13.4. The smallest absolute Gasteiger partial charge is 0.143 e. The first kappa shape index (κ1) is 12.9.